The molecule has 3 amide bonds. The first-order valence-corrected chi connectivity index (χ1v) is 13.7. The zero-order chi connectivity index (χ0) is 30.4. The molecular formula is C31H45N3O6. The Labute approximate surface area is 237 Å². The van der Waals surface area contributed by atoms with Crippen LogP contribution >= 0.6 is 0 Å². The highest BCUT2D eigenvalue weighted by Crippen LogP contribution is 2.34. The highest BCUT2D eigenvalue weighted by atomic mass is 16.6. The van der Waals surface area contributed by atoms with E-state index in [1.807, 2.05) is 34.6 Å². The number of carbonyl (C=O) groups is 3. The average Bonchev–Trinajstić information content (AvgIpc) is 2.83. The third kappa shape index (κ3) is 8.89. The number of aryl methyl sites for hydroxylation is 1. The van der Waals surface area contributed by atoms with E-state index >= 15 is 0 Å². The average molecular weight is 556 g/mol. The number of alkyl carbamates (subject to hydrolysis) is 1. The summed E-state index contributed by atoms with van der Waals surface area (Å²) in [6, 6.07) is 8.88. The van der Waals surface area contributed by atoms with Gasteiger partial charge < -0.3 is 30.5 Å². The van der Waals surface area contributed by atoms with Crippen LogP contribution in [0.5, 0.6) is 11.5 Å². The topological polar surface area (TPSA) is 128 Å². The van der Waals surface area contributed by atoms with Gasteiger partial charge in [0.1, 0.15) is 29.2 Å². The van der Waals surface area contributed by atoms with Crippen molar-refractivity contribution in [2.45, 2.75) is 104 Å². The molecule has 0 radical (unpaired) electrons. The van der Waals surface area contributed by atoms with Crippen LogP contribution in [0.25, 0.3) is 0 Å². The molecule has 40 heavy (non-hydrogen) atoms. The second kappa shape index (κ2) is 13.1. The first-order valence-electron chi connectivity index (χ1n) is 13.7. The lowest BCUT2D eigenvalue weighted by atomic mass is 9.90. The Bertz CT molecular complexity index is 1180. The van der Waals surface area contributed by atoms with Gasteiger partial charge in [-0.3, -0.25) is 9.59 Å². The minimum Gasteiger partial charge on any atom is -0.508 e. The fourth-order valence-electron chi connectivity index (χ4n) is 4.26. The van der Waals surface area contributed by atoms with E-state index in [0.29, 0.717) is 23.1 Å². The van der Waals surface area contributed by atoms with Gasteiger partial charge in [-0.1, -0.05) is 25.1 Å². The Hall–Kier alpha value is -3.75. The van der Waals surface area contributed by atoms with Crippen molar-refractivity contribution in [3.05, 3.63) is 59.2 Å². The van der Waals surface area contributed by atoms with Crippen LogP contribution in [0, 0.1) is 6.92 Å². The molecule has 0 fully saturated rings. The van der Waals surface area contributed by atoms with E-state index in [-0.39, 0.29) is 29.9 Å². The first-order chi connectivity index (χ1) is 18.4. The maximum atomic E-state index is 14.6. The van der Waals surface area contributed by atoms with Gasteiger partial charge in [0.15, 0.2) is 0 Å². The summed E-state index contributed by atoms with van der Waals surface area (Å²) in [6.07, 6.45) is -0.149. The summed E-state index contributed by atoms with van der Waals surface area (Å²) in [7, 11) is 0. The Morgan fingerprint density at radius 1 is 0.950 bits per heavy atom. The molecule has 0 aromatic heterocycles. The van der Waals surface area contributed by atoms with Gasteiger partial charge in [-0.15, -0.1) is 0 Å². The largest absolute Gasteiger partial charge is 0.508 e. The highest BCUT2D eigenvalue weighted by Gasteiger charge is 2.43. The van der Waals surface area contributed by atoms with Gasteiger partial charge in [0, 0.05) is 18.0 Å². The Morgan fingerprint density at radius 2 is 1.55 bits per heavy atom. The summed E-state index contributed by atoms with van der Waals surface area (Å²) in [5, 5.41) is 25.6. The molecule has 0 saturated carbocycles. The van der Waals surface area contributed by atoms with Crippen molar-refractivity contribution >= 4 is 17.9 Å². The number of hydrogen-bond donors (Lipinski definition) is 4. The summed E-state index contributed by atoms with van der Waals surface area (Å²) in [4.78, 5) is 42.8. The van der Waals surface area contributed by atoms with Crippen LogP contribution in [-0.2, 0) is 20.7 Å². The van der Waals surface area contributed by atoms with E-state index in [2.05, 4.69) is 10.6 Å². The van der Waals surface area contributed by atoms with Gasteiger partial charge in [0.25, 0.3) is 0 Å². The van der Waals surface area contributed by atoms with Gasteiger partial charge in [0.2, 0.25) is 11.8 Å². The normalized spacial score (nSPS) is 13.3. The molecular weight excluding hydrogens is 510 g/mol. The third-order valence-corrected chi connectivity index (χ3v) is 6.59. The fraction of sp³-hybridized carbons (Fsp3) is 0.516. The highest BCUT2D eigenvalue weighted by molar-refractivity contribution is 5.93. The molecule has 0 saturated heterocycles. The third-order valence-electron chi connectivity index (χ3n) is 6.59. The molecule has 4 N–H and O–H groups in total. The van der Waals surface area contributed by atoms with Crippen molar-refractivity contribution in [2.24, 2.45) is 0 Å². The molecule has 2 rings (SSSR count). The van der Waals surface area contributed by atoms with Crippen molar-refractivity contribution in [1.82, 2.24) is 15.5 Å². The number of hydrogen-bond acceptors (Lipinski definition) is 6. The number of amides is 3. The smallest absolute Gasteiger partial charge is 0.408 e. The van der Waals surface area contributed by atoms with Crippen molar-refractivity contribution < 1.29 is 29.3 Å². The van der Waals surface area contributed by atoms with Gasteiger partial charge >= 0.3 is 6.09 Å². The monoisotopic (exact) mass is 555 g/mol. The molecule has 2 atom stereocenters. The second-order valence-corrected chi connectivity index (χ2v) is 12.1. The lowest BCUT2D eigenvalue weighted by Gasteiger charge is -2.45. The Balaban J connectivity index is 2.69. The first kappa shape index (κ1) is 32.5. The molecule has 2 aromatic rings. The number of rotatable bonds is 10. The van der Waals surface area contributed by atoms with Crippen LogP contribution in [0.4, 0.5) is 4.79 Å². The van der Waals surface area contributed by atoms with E-state index in [9.17, 15) is 24.6 Å². The molecule has 0 aliphatic carbocycles. The zero-order valence-corrected chi connectivity index (χ0v) is 25.2. The maximum absolute atomic E-state index is 14.6. The molecule has 0 heterocycles. The molecule has 9 nitrogen and oxygen atoms in total. The van der Waals surface area contributed by atoms with E-state index in [1.165, 1.54) is 23.1 Å². The molecule has 2 unspecified atom stereocenters. The van der Waals surface area contributed by atoms with E-state index in [0.717, 1.165) is 0 Å². The molecule has 2 aromatic carbocycles. The van der Waals surface area contributed by atoms with Gasteiger partial charge in [0.05, 0.1) is 0 Å². The number of ether oxygens (including phenoxy) is 1. The van der Waals surface area contributed by atoms with E-state index in [1.54, 1.807) is 52.0 Å². The summed E-state index contributed by atoms with van der Waals surface area (Å²) in [6.45, 7) is 16.3. The Morgan fingerprint density at radius 3 is 2.05 bits per heavy atom. The minimum atomic E-state index is -1.09. The predicted molar refractivity (Wildman–Crippen MR) is 155 cm³/mol. The number of nitrogens with one attached hydrogen (secondary N) is 2. The van der Waals surface area contributed by atoms with Crippen LogP contribution in [0.2, 0.25) is 0 Å². The van der Waals surface area contributed by atoms with Crippen LogP contribution in [0.15, 0.2) is 42.5 Å². The Kier molecular flexibility index (Phi) is 10.6. The predicted octanol–water partition coefficient (Wildman–Crippen LogP) is 5.13. The summed E-state index contributed by atoms with van der Waals surface area (Å²) in [5.41, 5.74) is 0.190. The van der Waals surface area contributed by atoms with Crippen molar-refractivity contribution in [1.29, 1.82) is 0 Å². The SMILES string of the molecule is CCC(C)(C)N(C(=O)C(Cc1ccc(O)cc1)NC(=O)OC(C)(C)C)C(C(=O)NC(C)C)c1ccc(O)c(C)c1. The maximum Gasteiger partial charge on any atom is 0.408 e. The lowest BCUT2D eigenvalue weighted by molar-refractivity contribution is -0.149. The second-order valence-electron chi connectivity index (χ2n) is 12.1. The summed E-state index contributed by atoms with van der Waals surface area (Å²) < 4.78 is 5.47. The van der Waals surface area contributed by atoms with E-state index < -0.39 is 35.2 Å². The van der Waals surface area contributed by atoms with Crippen molar-refractivity contribution in [3.63, 3.8) is 0 Å². The lowest BCUT2D eigenvalue weighted by Crippen LogP contribution is -2.60. The van der Waals surface area contributed by atoms with E-state index in [4.69, 9.17) is 4.74 Å². The van der Waals surface area contributed by atoms with Crippen LogP contribution in [0.3, 0.4) is 0 Å². The van der Waals surface area contributed by atoms with Crippen LogP contribution < -0.4 is 10.6 Å². The molecule has 9 heteroatoms. The minimum absolute atomic E-state index is 0.0774. The molecule has 220 valence electrons. The molecule has 0 bridgehead atoms. The quantitative estimate of drug-likeness (QED) is 0.322. The summed E-state index contributed by atoms with van der Waals surface area (Å²) >= 11 is 0. The molecule has 0 spiro atoms. The fourth-order valence-corrected chi connectivity index (χ4v) is 4.26. The number of carbonyl (C=O) groups excluding carboxylic acids is 3. The summed E-state index contributed by atoms with van der Waals surface area (Å²) in [5.74, 6) is -0.694. The number of phenols is 2. The zero-order valence-electron chi connectivity index (χ0n) is 25.2. The molecule has 0 aliphatic rings. The number of benzene rings is 2. The van der Waals surface area contributed by atoms with Crippen LogP contribution in [0.1, 0.15) is 84.5 Å². The number of phenolic OH excluding ortho intramolecular Hbond substituents is 2. The standard InChI is InChI=1S/C31H45N3O6/c1-10-31(8,9)34(26(27(37)32-19(2)3)22-13-16-25(36)20(4)17-22)28(38)24(33-29(39)40-30(5,6)7)18-21-11-14-23(35)15-12-21/h11-17,19,24,26,35-36H,10,18H2,1-9H3,(H,32,37)(H,33,39). The van der Waals surface area contributed by atoms with Crippen LogP contribution in [-0.4, -0.2) is 56.2 Å². The van der Waals surface area contributed by atoms with Gasteiger partial charge in [-0.25, -0.2) is 4.79 Å². The number of aromatic hydroxyl groups is 2. The van der Waals surface area contributed by atoms with Crippen molar-refractivity contribution in [3.8, 4) is 11.5 Å². The number of nitrogens with zero attached hydrogens (tertiary/aromatic N) is 1. The molecule has 0 aliphatic heterocycles. The van der Waals surface area contributed by atoms with Crippen molar-refractivity contribution in [2.75, 3.05) is 0 Å². The van der Waals surface area contributed by atoms with Gasteiger partial charge in [-0.05, 0) is 103 Å². The van der Waals surface area contributed by atoms with Gasteiger partial charge in [-0.2, -0.15) is 0 Å².